The van der Waals surface area contributed by atoms with Crippen molar-refractivity contribution in [2.75, 3.05) is 13.6 Å². The summed E-state index contributed by atoms with van der Waals surface area (Å²) in [5, 5.41) is 12.9. The quantitative estimate of drug-likeness (QED) is 0.840. The van der Waals surface area contributed by atoms with Crippen molar-refractivity contribution in [3.8, 4) is 5.75 Å². The Kier molecular flexibility index (Phi) is 4.71. The van der Waals surface area contributed by atoms with E-state index in [1.165, 1.54) is 0 Å². The number of likely N-dealkylation sites (N-methyl/N-ethyl adjacent to an activating group) is 1. The van der Waals surface area contributed by atoms with E-state index in [1.54, 1.807) is 12.1 Å². The van der Waals surface area contributed by atoms with Crippen LogP contribution in [0.25, 0.3) is 6.08 Å². The fourth-order valence-corrected chi connectivity index (χ4v) is 2.38. The van der Waals surface area contributed by atoms with E-state index in [-0.39, 0.29) is 24.1 Å². The van der Waals surface area contributed by atoms with Gasteiger partial charge in [-0.15, -0.1) is 0 Å². The van der Waals surface area contributed by atoms with Gasteiger partial charge >= 0.3 is 7.12 Å². The predicted octanol–water partition coefficient (Wildman–Crippen LogP) is 2.93. The van der Waals surface area contributed by atoms with Crippen molar-refractivity contribution >= 4 is 13.2 Å². The summed E-state index contributed by atoms with van der Waals surface area (Å²) in [6, 6.07) is 5.36. The molecule has 0 atom stereocenters. The average Bonchev–Trinajstić information content (AvgIpc) is 2.62. The topological polar surface area (TPSA) is 50.7 Å². The third-order valence-electron chi connectivity index (χ3n) is 4.54. The fraction of sp³-hybridized carbons (Fsp3) is 0.529. The molecule has 1 heterocycles. The molecular weight excluding hydrogens is 277 g/mol. The molecular formula is C17H26BNO3. The van der Waals surface area contributed by atoms with Crippen LogP contribution in [0.1, 0.15) is 38.8 Å². The Hall–Kier alpha value is -1.30. The van der Waals surface area contributed by atoms with Crippen LogP contribution in [-0.2, 0) is 9.31 Å². The van der Waals surface area contributed by atoms with E-state index in [0.717, 1.165) is 16.6 Å². The van der Waals surface area contributed by atoms with Gasteiger partial charge in [0.2, 0.25) is 0 Å². The number of benzene rings is 1. The van der Waals surface area contributed by atoms with Gasteiger partial charge in [0.05, 0.1) is 11.2 Å². The first-order valence-electron chi connectivity index (χ1n) is 7.66. The molecule has 0 aromatic heterocycles. The highest BCUT2D eigenvalue weighted by Gasteiger charge is 2.52. The molecule has 5 heteroatoms. The van der Waals surface area contributed by atoms with Gasteiger partial charge in [0.1, 0.15) is 5.75 Å². The Balaban J connectivity index is 2.35. The van der Waals surface area contributed by atoms with Gasteiger partial charge in [0.15, 0.2) is 0 Å². The number of aryl methyl sites for hydroxylation is 1. The molecule has 1 aliphatic heterocycles. The van der Waals surface area contributed by atoms with Gasteiger partial charge in [-0.2, -0.15) is 0 Å². The van der Waals surface area contributed by atoms with E-state index >= 15 is 0 Å². The SMILES string of the molecule is CNCC(=Cc1cc(O)ccc1C)B1OC(C)(C)C(C)(C)O1. The van der Waals surface area contributed by atoms with Gasteiger partial charge in [-0.25, -0.2) is 0 Å². The lowest BCUT2D eigenvalue weighted by Crippen LogP contribution is -2.41. The molecule has 22 heavy (non-hydrogen) atoms. The number of nitrogens with one attached hydrogen (secondary N) is 1. The summed E-state index contributed by atoms with van der Waals surface area (Å²) >= 11 is 0. The fourth-order valence-electron chi connectivity index (χ4n) is 2.38. The summed E-state index contributed by atoms with van der Waals surface area (Å²) in [6.07, 6.45) is 2.04. The predicted molar refractivity (Wildman–Crippen MR) is 90.8 cm³/mol. The van der Waals surface area contributed by atoms with Crippen molar-refractivity contribution in [3.63, 3.8) is 0 Å². The minimum Gasteiger partial charge on any atom is -0.508 e. The highest BCUT2D eigenvalue weighted by molar-refractivity contribution is 6.55. The molecule has 0 amide bonds. The summed E-state index contributed by atoms with van der Waals surface area (Å²) in [4.78, 5) is 0. The van der Waals surface area contributed by atoms with Crippen LogP contribution in [0.5, 0.6) is 5.75 Å². The van der Waals surface area contributed by atoms with Gasteiger partial charge in [0, 0.05) is 6.54 Å². The second kappa shape index (κ2) is 6.07. The number of rotatable bonds is 4. The molecule has 1 aliphatic rings. The third-order valence-corrected chi connectivity index (χ3v) is 4.54. The first-order chi connectivity index (χ1) is 10.2. The summed E-state index contributed by atoms with van der Waals surface area (Å²) in [5.74, 6) is 0.259. The van der Waals surface area contributed by atoms with Gasteiger partial charge in [-0.3, -0.25) is 0 Å². The standard InChI is InChI=1S/C17H26BNO3/c1-12-7-8-15(20)10-13(12)9-14(11-19-6)18-21-16(2,3)17(4,5)22-18/h7-10,19-20H,11H2,1-6H3. The highest BCUT2D eigenvalue weighted by atomic mass is 16.7. The van der Waals surface area contributed by atoms with E-state index in [9.17, 15) is 5.11 Å². The molecule has 1 aromatic carbocycles. The van der Waals surface area contributed by atoms with Crippen molar-refractivity contribution < 1.29 is 14.4 Å². The van der Waals surface area contributed by atoms with E-state index in [4.69, 9.17) is 9.31 Å². The molecule has 0 unspecified atom stereocenters. The number of aromatic hydroxyl groups is 1. The highest BCUT2D eigenvalue weighted by Crippen LogP contribution is 2.38. The lowest BCUT2D eigenvalue weighted by Gasteiger charge is -2.32. The summed E-state index contributed by atoms with van der Waals surface area (Å²) < 4.78 is 12.3. The van der Waals surface area contributed by atoms with Gasteiger partial charge in [0.25, 0.3) is 0 Å². The van der Waals surface area contributed by atoms with Crippen molar-refractivity contribution in [3.05, 3.63) is 34.8 Å². The maximum atomic E-state index is 9.70. The van der Waals surface area contributed by atoms with E-state index in [0.29, 0.717) is 6.54 Å². The molecule has 1 fully saturated rings. The van der Waals surface area contributed by atoms with Crippen LogP contribution in [0, 0.1) is 6.92 Å². The number of hydrogen-bond donors (Lipinski definition) is 2. The summed E-state index contributed by atoms with van der Waals surface area (Å²) in [6.45, 7) is 10.9. The third kappa shape index (κ3) is 3.37. The van der Waals surface area contributed by atoms with Crippen LogP contribution in [0.3, 0.4) is 0 Å². The molecule has 0 spiro atoms. The number of phenolic OH excluding ortho intramolecular Hbond substituents is 1. The second-order valence-corrected chi connectivity index (χ2v) is 6.88. The van der Waals surface area contributed by atoms with Crippen molar-refractivity contribution in [2.45, 2.75) is 45.8 Å². The molecule has 2 N–H and O–H groups in total. The monoisotopic (exact) mass is 303 g/mol. The lowest BCUT2D eigenvalue weighted by molar-refractivity contribution is 0.00578. The molecule has 0 aliphatic carbocycles. The van der Waals surface area contributed by atoms with Crippen LogP contribution in [0.2, 0.25) is 0 Å². The Morgan fingerprint density at radius 2 is 1.82 bits per heavy atom. The van der Waals surface area contributed by atoms with Crippen molar-refractivity contribution in [1.82, 2.24) is 5.32 Å². The zero-order valence-corrected chi connectivity index (χ0v) is 14.4. The van der Waals surface area contributed by atoms with Crippen molar-refractivity contribution in [2.24, 2.45) is 0 Å². The molecule has 4 nitrogen and oxygen atoms in total. The lowest BCUT2D eigenvalue weighted by atomic mass is 9.76. The van der Waals surface area contributed by atoms with E-state index < -0.39 is 0 Å². The maximum Gasteiger partial charge on any atom is 0.491 e. The molecule has 2 rings (SSSR count). The second-order valence-electron chi connectivity index (χ2n) is 6.88. The van der Waals surface area contributed by atoms with Crippen LogP contribution < -0.4 is 5.32 Å². The van der Waals surface area contributed by atoms with Crippen molar-refractivity contribution in [1.29, 1.82) is 0 Å². The zero-order chi connectivity index (χ0) is 16.5. The van der Waals surface area contributed by atoms with Crippen LogP contribution in [0.15, 0.2) is 23.7 Å². The number of hydrogen-bond acceptors (Lipinski definition) is 4. The summed E-state index contributed by atoms with van der Waals surface area (Å²) in [7, 11) is 1.51. The number of phenols is 1. The van der Waals surface area contributed by atoms with Crippen LogP contribution in [0.4, 0.5) is 0 Å². The first-order valence-corrected chi connectivity index (χ1v) is 7.66. The Morgan fingerprint density at radius 1 is 1.23 bits per heavy atom. The smallest absolute Gasteiger partial charge is 0.491 e. The van der Waals surface area contributed by atoms with E-state index in [2.05, 4.69) is 5.32 Å². The Bertz CT molecular complexity index is 565. The maximum absolute atomic E-state index is 9.70. The van der Waals surface area contributed by atoms with Gasteiger partial charge in [-0.1, -0.05) is 12.1 Å². The molecule has 0 saturated carbocycles. The normalized spacial score (nSPS) is 20.5. The minimum absolute atomic E-state index is 0.259. The minimum atomic E-state index is -0.390. The van der Waals surface area contributed by atoms with E-state index in [1.807, 2.05) is 53.8 Å². The summed E-state index contributed by atoms with van der Waals surface area (Å²) in [5.41, 5.74) is 2.36. The van der Waals surface area contributed by atoms with Gasteiger partial charge in [-0.05, 0) is 70.4 Å². The molecule has 1 aromatic rings. The average molecular weight is 303 g/mol. The molecule has 0 bridgehead atoms. The van der Waals surface area contributed by atoms with Crippen LogP contribution in [-0.4, -0.2) is 37.0 Å². The molecule has 120 valence electrons. The Labute approximate surface area is 133 Å². The molecule has 0 radical (unpaired) electrons. The largest absolute Gasteiger partial charge is 0.508 e. The van der Waals surface area contributed by atoms with Crippen LogP contribution >= 0.6 is 0 Å². The zero-order valence-electron chi connectivity index (χ0n) is 14.4. The van der Waals surface area contributed by atoms with Gasteiger partial charge < -0.3 is 19.7 Å². The molecule has 1 saturated heterocycles. The first kappa shape index (κ1) is 17.1. The Morgan fingerprint density at radius 3 is 2.36 bits per heavy atom.